The molecule has 6 heteroatoms. The van der Waals surface area contributed by atoms with Gasteiger partial charge in [-0.05, 0) is 37.4 Å². The topological polar surface area (TPSA) is 71.3 Å². The summed E-state index contributed by atoms with van der Waals surface area (Å²) in [5.41, 5.74) is 0. The summed E-state index contributed by atoms with van der Waals surface area (Å²) < 4.78 is 32.2. The van der Waals surface area contributed by atoms with E-state index >= 15 is 0 Å². The molecule has 1 rings (SSSR count). The van der Waals surface area contributed by atoms with Crippen LogP contribution in [-0.4, -0.2) is 21.0 Å². The van der Waals surface area contributed by atoms with Crippen LogP contribution in [0.15, 0.2) is 21.6 Å². The maximum absolute atomic E-state index is 12.1. The van der Waals surface area contributed by atoms with E-state index in [1.807, 2.05) is 20.8 Å². The van der Waals surface area contributed by atoms with Crippen LogP contribution < -0.4 is 10.0 Å². The molecule has 1 aromatic heterocycles. The Morgan fingerprint density at radius 1 is 1.15 bits per heavy atom. The molecule has 0 aliphatic carbocycles. The molecule has 0 fully saturated rings. The Kier molecular flexibility index (Phi) is 6.23. The van der Waals surface area contributed by atoms with Crippen molar-refractivity contribution >= 4 is 10.0 Å². The highest BCUT2D eigenvalue weighted by atomic mass is 32.2. The van der Waals surface area contributed by atoms with Crippen LogP contribution in [0.3, 0.4) is 0 Å². The molecule has 0 aromatic carbocycles. The second kappa shape index (κ2) is 7.24. The van der Waals surface area contributed by atoms with Gasteiger partial charge in [0.05, 0.1) is 6.54 Å². The third-order valence-corrected chi connectivity index (χ3v) is 4.53. The van der Waals surface area contributed by atoms with Gasteiger partial charge in [-0.2, -0.15) is 0 Å². The average Bonchev–Trinajstić information content (AvgIpc) is 2.77. The first-order valence-electron chi connectivity index (χ1n) is 7.04. The number of hydrogen-bond acceptors (Lipinski definition) is 4. The summed E-state index contributed by atoms with van der Waals surface area (Å²) in [7, 11) is -3.57. The van der Waals surface area contributed by atoms with Crippen molar-refractivity contribution < 1.29 is 12.8 Å². The zero-order valence-corrected chi connectivity index (χ0v) is 13.8. The average molecular weight is 302 g/mol. The van der Waals surface area contributed by atoms with Crippen molar-refractivity contribution in [1.29, 1.82) is 0 Å². The zero-order valence-electron chi connectivity index (χ0n) is 12.9. The summed E-state index contributed by atoms with van der Waals surface area (Å²) in [5.74, 6) is 1.40. The van der Waals surface area contributed by atoms with Crippen molar-refractivity contribution in [1.82, 2.24) is 10.0 Å². The lowest BCUT2D eigenvalue weighted by Gasteiger charge is -2.16. The minimum Gasteiger partial charge on any atom is -0.447 e. The highest BCUT2D eigenvalue weighted by Gasteiger charge is 2.22. The minimum atomic E-state index is -3.57. The van der Waals surface area contributed by atoms with E-state index in [4.69, 9.17) is 4.42 Å². The van der Waals surface area contributed by atoms with Crippen molar-refractivity contribution in [2.75, 3.05) is 6.54 Å². The van der Waals surface area contributed by atoms with Crippen molar-refractivity contribution in [3.8, 4) is 0 Å². The second-order valence-corrected chi connectivity index (χ2v) is 7.54. The first-order chi connectivity index (χ1) is 9.22. The summed E-state index contributed by atoms with van der Waals surface area (Å²) in [6.07, 6.45) is 0. The van der Waals surface area contributed by atoms with E-state index in [0.29, 0.717) is 18.2 Å². The highest BCUT2D eigenvalue weighted by molar-refractivity contribution is 7.89. The molecular formula is C14H26N2O3S. The summed E-state index contributed by atoms with van der Waals surface area (Å²) in [6, 6.07) is 3.07. The molecule has 0 aliphatic heterocycles. The SMILES string of the molecule is CC(C)CNCc1ccc(S(=O)(=O)NC(C)C(C)C)o1. The zero-order chi connectivity index (χ0) is 15.3. The third kappa shape index (κ3) is 5.26. The van der Waals surface area contributed by atoms with Gasteiger partial charge in [0, 0.05) is 6.04 Å². The highest BCUT2D eigenvalue weighted by Crippen LogP contribution is 2.15. The van der Waals surface area contributed by atoms with Gasteiger partial charge < -0.3 is 9.73 Å². The lowest BCUT2D eigenvalue weighted by molar-refractivity contribution is 0.389. The fourth-order valence-corrected chi connectivity index (χ4v) is 2.86. The first-order valence-corrected chi connectivity index (χ1v) is 8.52. The molecule has 0 amide bonds. The molecule has 1 aromatic rings. The van der Waals surface area contributed by atoms with Gasteiger partial charge in [-0.1, -0.05) is 27.7 Å². The summed E-state index contributed by atoms with van der Waals surface area (Å²) >= 11 is 0. The lowest BCUT2D eigenvalue weighted by Crippen LogP contribution is -2.35. The van der Waals surface area contributed by atoms with E-state index in [2.05, 4.69) is 23.9 Å². The maximum atomic E-state index is 12.1. The summed E-state index contributed by atoms with van der Waals surface area (Å²) in [5, 5.41) is 3.19. The molecule has 5 nitrogen and oxygen atoms in total. The maximum Gasteiger partial charge on any atom is 0.274 e. The molecule has 0 aliphatic rings. The molecule has 1 atom stereocenters. The third-order valence-electron chi connectivity index (χ3n) is 3.09. The molecule has 1 heterocycles. The predicted molar refractivity (Wildman–Crippen MR) is 79.9 cm³/mol. The fraction of sp³-hybridized carbons (Fsp3) is 0.714. The molecule has 0 radical (unpaired) electrons. The van der Waals surface area contributed by atoms with E-state index in [-0.39, 0.29) is 17.1 Å². The van der Waals surface area contributed by atoms with E-state index in [0.717, 1.165) is 6.54 Å². The Hall–Kier alpha value is -0.850. The Morgan fingerprint density at radius 2 is 1.80 bits per heavy atom. The van der Waals surface area contributed by atoms with Crippen molar-refractivity contribution in [2.24, 2.45) is 11.8 Å². The van der Waals surface area contributed by atoms with Gasteiger partial charge >= 0.3 is 0 Å². The van der Waals surface area contributed by atoms with Gasteiger partial charge in [0.25, 0.3) is 10.0 Å². The Labute approximate surface area is 122 Å². The number of nitrogens with one attached hydrogen (secondary N) is 2. The van der Waals surface area contributed by atoms with E-state index < -0.39 is 10.0 Å². The number of sulfonamides is 1. The van der Waals surface area contributed by atoms with Gasteiger partial charge in [-0.25, -0.2) is 13.1 Å². The Morgan fingerprint density at radius 3 is 2.35 bits per heavy atom. The number of hydrogen-bond donors (Lipinski definition) is 2. The largest absolute Gasteiger partial charge is 0.447 e. The number of furan rings is 1. The van der Waals surface area contributed by atoms with Crippen LogP contribution in [0.5, 0.6) is 0 Å². The van der Waals surface area contributed by atoms with Gasteiger partial charge in [-0.15, -0.1) is 0 Å². The minimum absolute atomic E-state index is 0.0219. The van der Waals surface area contributed by atoms with Crippen LogP contribution in [0.25, 0.3) is 0 Å². The lowest BCUT2D eigenvalue weighted by atomic mass is 10.1. The van der Waals surface area contributed by atoms with Gasteiger partial charge in [0.2, 0.25) is 5.09 Å². The fourth-order valence-electron chi connectivity index (χ4n) is 1.52. The Balaban J connectivity index is 2.65. The van der Waals surface area contributed by atoms with Crippen molar-refractivity contribution in [3.63, 3.8) is 0 Å². The number of rotatable bonds is 8. The molecule has 0 spiro atoms. The van der Waals surface area contributed by atoms with Gasteiger partial charge in [0.1, 0.15) is 5.76 Å². The monoisotopic (exact) mass is 302 g/mol. The normalized spacial score (nSPS) is 14.2. The van der Waals surface area contributed by atoms with Gasteiger partial charge in [-0.3, -0.25) is 0 Å². The molecule has 0 bridgehead atoms. The first kappa shape index (κ1) is 17.2. The molecule has 0 saturated carbocycles. The van der Waals surface area contributed by atoms with Crippen LogP contribution in [0.2, 0.25) is 0 Å². The van der Waals surface area contributed by atoms with Crippen LogP contribution in [0, 0.1) is 11.8 Å². The standard InChI is InChI=1S/C14H26N2O3S/c1-10(2)8-15-9-13-6-7-14(19-13)20(17,18)16-12(5)11(3)4/h6-7,10-12,15-16H,8-9H2,1-5H3. The van der Waals surface area contributed by atoms with Crippen molar-refractivity contribution in [2.45, 2.75) is 52.3 Å². The molecule has 116 valence electrons. The summed E-state index contributed by atoms with van der Waals surface area (Å²) in [6.45, 7) is 11.4. The molecule has 20 heavy (non-hydrogen) atoms. The van der Waals surface area contributed by atoms with E-state index in [1.54, 1.807) is 6.07 Å². The van der Waals surface area contributed by atoms with Crippen LogP contribution in [0.1, 0.15) is 40.4 Å². The van der Waals surface area contributed by atoms with E-state index in [1.165, 1.54) is 6.07 Å². The smallest absolute Gasteiger partial charge is 0.274 e. The summed E-state index contributed by atoms with van der Waals surface area (Å²) in [4.78, 5) is 0. The molecule has 2 N–H and O–H groups in total. The van der Waals surface area contributed by atoms with Crippen LogP contribution in [-0.2, 0) is 16.6 Å². The predicted octanol–water partition coefficient (Wildman–Crippen LogP) is 2.35. The Bertz CT molecular complexity index is 506. The quantitative estimate of drug-likeness (QED) is 0.773. The second-order valence-electron chi connectivity index (χ2n) is 5.90. The van der Waals surface area contributed by atoms with Gasteiger partial charge in [0.15, 0.2) is 0 Å². The van der Waals surface area contributed by atoms with Crippen molar-refractivity contribution in [3.05, 3.63) is 17.9 Å². The van der Waals surface area contributed by atoms with Crippen LogP contribution in [0.4, 0.5) is 0 Å². The molecular weight excluding hydrogens is 276 g/mol. The molecule has 0 saturated heterocycles. The van der Waals surface area contributed by atoms with Crippen LogP contribution >= 0.6 is 0 Å². The van der Waals surface area contributed by atoms with E-state index in [9.17, 15) is 8.42 Å². The molecule has 1 unspecified atom stereocenters.